The Morgan fingerprint density at radius 3 is 2.47 bits per heavy atom. The van der Waals surface area contributed by atoms with Gasteiger partial charge in [-0.25, -0.2) is 18.6 Å². The van der Waals surface area contributed by atoms with Crippen LogP contribution >= 0.6 is 0 Å². The highest BCUT2D eigenvalue weighted by Gasteiger charge is 2.33. The molecule has 47 heavy (non-hydrogen) atoms. The number of halogens is 2. The number of hydrogen-bond donors (Lipinski definition) is 2. The molecule has 0 aliphatic carbocycles. The minimum atomic E-state index is -1.32. The molecular formula is C34H41F2N5O5Si. The van der Waals surface area contributed by atoms with Gasteiger partial charge in [0, 0.05) is 82.1 Å². The van der Waals surface area contributed by atoms with Gasteiger partial charge in [-0.2, -0.15) is 0 Å². The summed E-state index contributed by atoms with van der Waals surface area (Å²) in [6, 6.07) is 11.0. The quantitative estimate of drug-likeness (QED) is 0.125. The molecule has 1 aliphatic rings. The first kappa shape index (κ1) is 34.0. The molecule has 13 heteroatoms. The molecule has 0 bridgehead atoms. The maximum absolute atomic E-state index is 15.4. The van der Waals surface area contributed by atoms with Crippen molar-refractivity contribution in [1.82, 2.24) is 19.8 Å². The van der Waals surface area contributed by atoms with Gasteiger partial charge < -0.3 is 34.3 Å². The summed E-state index contributed by atoms with van der Waals surface area (Å²) in [5.74, 6) is -2.65. The van der Waals surface area contributed by atoms with Crippen molar-refractivity contribution < 1.29 is 32.6 Å². The van der Waals surface area contributed by atoms with Crippen LogP contribution in [0.2, 0.25) is 25.7 Å². The zero-order valence-corrected chi connectivity index (χ0v) is 28.6. The maximum atomic E-state index is 15.4. The number of urea groups is 1. The molecule has 1 saturated heterocycles. The van der Waals surface area contributed by atoms with Gasteiger partial charge in [-0.1, -0.05) is 38.7 Å². The Morgan fingerprint density at radius 1 is 1.11 bits per heavy atom. The third-order valence-corrected chi connectivity index (χ3v) is 9.52. The molecule has 0 atom stereocenters. The third kappa shape index (κ3) is 8.15. The molecule has 4 aromatic rings. The summed E-state index contributed by atoms with van der Waals surface area (Å²) in [4.78, 5) is 31.2. The number of rotatable bonds is 12. The Bertz CT molecular complexity index is 1760. The van der Waals surface area contributed by atoms with Crippen molar-refractivity contribution in [2.75, 3.05) is 45.8 Å². The van der Waals surface area contributed by atoms with E-state index in [0.717, 1.165) is 18.2 Å². The number of anilines is 1. The van der Waals surface area contributed by atoms with E-state index < -0.39 is 31.5 Å². The summed E-state index contributed by atoms with van der Waals surface area (Å²) < 4.78 is 49.8. The summed E-state index contributed by atoms with van der Waals surface area (Å²) in [6.45, 7) is 11.0. The molecule has 2 aromatic heterocycles. The number of benzene rings is 2. The molecular weight excluding hydrogens is 624 g/mol. The molecule has 1 aliphatic heterocycles. The first-order valence-electron chi connectivity index (χ1n) is 15.4. The average molecular weight is 666 g/mol. The highest BCUT2D eigenvalue weighted by atomic mass is 28.3. The third-order valence-electron chi connectivity index (χ3n) is 7.82. The number of amides is 3. The predicted octanol–water partition coefficient (Wildman–Crippen LogP) is 6.95. The van der Waals surface area contributed by atoms with Crippen molar-refractivity contribution in [2.24, 2.45) is 5.41 Å². The fourth-order valence-corrected chi connectivity index (χ4v) is 5.83. The van der Waals surface area contributed by atoms with Gasteiger partial charge in [0.2, 0.25) is 0 Å². The molecule has 0 saturated carbocycles. The van der Waals surface area contributed by atoms with Crippen molar-refractivity contribution in [3.63, 3.8) is 0 Å². The Hall–Kier alpha value is -4.33. The molecule has 0 unspecified atom stereocenters. The van der Waals surface area contributed by atoms with Crippen molar-refractivity contribution in [3.8, 4) is 22.6 Å². The van der Waals surface area contributed by atoms with Crippen LogP contribution in [0.5, 0.6) is 11.5 Å². The number of carbonyl (C=O) groups excluding carboxylic acids is 2. The largest absolute Gasteiger partial charge is 0.450 e. The predicted molar refractivity (Wildman–Crippen MR) is 180 cm³/mol. The minimum absolute atomic E-state index is 0.0654. The van der Waals surface area contributed by atoms with E-state index in [0.29, 0.717) is 54.1 Å². The number of carbonyl (C=O) groups is 2. The summed E-state index contributed by atoms with van der Waals surface area (Å²) >= 11 is 0. The molecule has 0 spiro atoms. The number of nitrogens with zero attached hydrogens (tertiary/aromatic N) is 3. The summed E-state index contributed by atoms with van der Waals surface area (Å²) in [6.07, 6.45) is 3.34. The molecule has 3 heterocycles. The van der Waals surface area contributed by atoms with Crippen LogP contribution in [0.3, 0.4) is 0 Å². The number of ether oxygens (including phenoxy) is 3. The van der Waals surface area contributed by atoms with Crippen molar-refractivity contribution in [3.05, 3.63) is 72.1 Å². The lowest BCUT2D eigenvalue weighted by molar-refractivity contribution is -0.0974. The van der Waals surface area contributed by atoms with Gasteiger partial charge in [0.05, 0.1) is 18.6 Å². The van der Waals surface area contributed by atoms with E-state index in [2.05, 4.69) is 35.3 Å². The van der Waals surface area contributed by atoms with Crippen LogP contribution in [0.25, 0.3) is 22.2 Å². The monoisotopic (exact) mass is 665 g/mol. The van der Waals surface area contributed by atoms with E-state index in [1.54, 1.807) is 32.3 Å². The topological polar surface area (TPSA) is 107 Å². The molecule has 1 fully saturated rings. The fraction of sp³-hybridized carbons (Fsp3) is 0.382. The smallest absolute Gasteiger partial charge is 0.319 e. The van der Waals surface area contributed by atoms with Gasteiger partial charge in [0.15, 0.2) is 17.4 Å². The highest BCUT2D eigenvalue weighted by molar-refractivity contribution is 6.76. The van der Waals surface area contributed by atoms with Crippen LogP contribution in [0, 0.1) is 17.0 Å². The summed E-state index contributed by atoms with van der Waals surface area (Å²) in [5, 5.41) is 5.67. The number of hydrogen-bond acceptors (Lipinski definition) is 6. The highest BCUT2D eigenvalue weighted by Crippen LogP contribution is 2.40. The molecule has 10 nitrogen and oxygen atoms in total. The van der Waals surface area contributed by atoms with Crippen LogP contribution in [0.1, 0.15) is 17.3 Å². The Morgan fingerprint density at radius 2 is 1.83 bits per heavy atom. The lowest BCUT2D eigenvalue weighted by atomic mass is 9.89. The van der Waals surface area contributed by atoms with E-state index in [4.69, 9.17) is 14.2 Å². The molecule has 5 rings (SSSR count). The molecule has 250 valence electrons. The average Bonchev–Trinajstić information content (AvgIpc) is 3.37. The Kier molecular flexibility index (Phi) is 9.99. The zero-order valence-electron chi connectivity index (χ0n) is 27.6. The van der Waals surface area contributed by atoms with E-state index in [1.807, 2.05) is 23.8 Å². The van der Waals surface area contributed by atoms with Crippen LogP contribution in [0.15, 0.2) is 54.9 Å². The summed E-state index contributed by atoms with van der Waals surface area (Å²) in [7, 11) is 2.03. The van der Waals surface area contributed by atoms with Gasteiger partial charge >= 0.3 is 6.03 Å². The normalized spacial score (nSPS) is 14.0. The van der Waals surface area contributed by atoms with Gasteiger partial charge in [-0.05, 0) is 29.8 Å². The van der Waals surface area contributed by atoms with Gasteiger partial charge in [-0.15, -0.1) is 0 Å². The second-order valence-corrected chi connectivity index (χ2v) is 19.3. The zero-order chi connectivity index (χ0) is 33.9. The van der Waals surface area contributed by atoms with Gasteiger partial charge in [0.1, 0.15) is 18.1 Å². The standard InChI is InChI=1S/C34H41F2N5O5Si/c1-34(19-45-20-34)18-38-33(43)39-24-15-26(35)30(27(36)16-24)46-28-10-11-37-31-29(28)25(17-41(31)21-44-12-13-47(4,5)6)22-8-7-9-23(14-22)32(42)40(2)3/h7-11,14-17H,12-13,18-21H2,1-6H3,(H2,38,39,43). The SMILES string of the molecule is CN(C)C(=O)c1cccc(-c2cn(COCC[Si](C)(C)C)c3nccc(Oc4c(F)cc(NC(=O)NCC5(C)COC5)cc4F)c23)c1. The Labute approximate surface area is 274 Å². The van der Waals surface area contributed by atoms with Gasteiger partial charge in [-0.3, -0.25) is 4.79 Å². The first-order chi connectivity index (χ1) is 22.2. The van der Waals surface area contributed by atoms with Crippen LogP contribution in [-0.4, -0.2) is 74.9 Å². The minimum Gasteiger partial charge on any atom is -0.450 e. The van der Waals surface area contributed by atoms with E-state index >= 15 is 8.78 Å². The van der Waals surface area contributed by atoms with Crippen LogP contribution < -0.4 is 15.4 Å². The number of fused-ring (bicyclic) bond motifs is 1. The fourth-order valence-electron chi connectivity index (χ4n) is 5.07. The molecule has 3 amide bonds. The number of aromatic nitrogens is 2. The van der Waals surface area contributed by atoms with Crippen LogP contribution in [0.4, 0.5) is 19.3 Å². The first-order valence-corrected chi connectivity index (χ1v) is 19.1. The number of nitrogens with one attached hydrogen (secondary N) is 2. The van der Waals surface area contributed by atoms with E-state index in [9.17, 15) is 9.59 Å². The van der Waals surface area contributed by atoms with Crippen molar-refractivity contribution in [2.45, 2.75) is 39.3 Å². The second-order valence-electron chi connectivity index (χ2n) is 13.6. The van der Waals surface area contributed by atoms with Gasteiger partial charge in [0.25, 0.3) is 5.91 Å². The molecule has 2 aromatic carbocycles. The lowest BCUT2D eigenvalue weighted by Crippen LogP contribution is -2.49. The van der Waals surface area contributed by atoms with Crippen molar-refractivity contribution in [1.29, 1.82) is 0 Å². The lowest BCUT2D eigenvalue weighted by Gasteiger charge is -2.37. The molecule has 2 N–H and O–H groups in total. The summed E-state index contributed by atoms with van der Waals surface area (Å²) in [5.41, 5.74) is 2.07. The van der Waals surface area contributed by atoms with Crippen molar-refractivity contribution >= 4 is 36.7 Å². The van der Waals surface area contributed by atoms with Crippen LogP contribution in [-0.2, 0) is 16.2 Å². The second kappa shape index (κ2) is 13.8. The van der Waals surface area contributed by atoms with E-state index in [-0.39, 0.29) is 29.5 Å². The number of pyridine rings is 1. The molecule has 0 radical (unpaired) electrons. The van der Waals surface area contributed by atoms with E-state index in [1.165, 1.54) is 17.2 Å². The Balaban J connectivity index is 1.46. The maximum Gasteiger partial charge on any atom is 0.319 e.